The third-order valence-electron chi connectivity index (χ3n) is 5.13. The highest BCUT2D eigenvalue weighted by molar-refractivity contribution is 5.21. The van der Waals surface area contributed by atoms with Gasteiger partial charge in [0.25, 0.3) is 0 Å². The fraction of sp³-hybridized carbons (Fsp3) is 0.667. The summed E-state index contributed by atoms with van der Waals surface area (Å²) in [6.45, 7) is 10.9. The van der Waals surface area contributed by atoms with Crippen LogP contribution >= 0.6 is 0 Å². The lowest BCUT2D eigenvalue weighted by Crippen LogP contribution is -2.51. The zero-order valence-electron chi connectivity index (χ0n) is 13.6. The highest BCUT2D eigenvalue weighted by Crippen LogP contribution is 2.16. The molecule has 0 saturated carbocycles. The molecular weight excluding hydrogens is 258 g/mol. The summed E-state index contributed by atoms with van der Waals surface area (Å²) >= 11 is 0. The normalized spacial score (nSPS) is 25.5. The van der Waals surface area contributed by atoms with Crippen molar-refractivity contribution in [2.24, 2.45) is 0 Å². The molecule has 3 nitrogen and oxygen atoms in total. The minimum Gasteiger partial charge on any atom is -0.305 e. The van der Waals surface area contributed by atoms with Gasteiger partial charge in [-0.15, -0.1) is 0 Å². The molecular formula is C18H29N3. The van der Waals surface area contributed by atoms with Gasteiger partial charge in [-0.05, 0) is 38.9 Å². The Morgan fingerprint density at radius 2 is 1.71 bits per heavy atom. The van der Waals surface area contributed by atoms with Crippen molar-refractivity contribution in [2.45, 2.75) is 25.8 Å². The summed E-state index contributed by atoms with van der Waals surface area (Å²) < 4.78 is 0. The number of likely N-dealkylation sites (tertiary alicyclic amines) is 1. The zero-order valence-corrected chi connectivity index (χ0v) is 13.6. The Hall–Kier alpha value is -0.900. The first-order valence-electron chi connectivity index (χ1n) is 8.41. The lowest BCUT2D eigenvalue weighted by Gasteiger charge is -2.38. The van der Waals surface area contributed by atoms with Gasteiger partial charge in [0.05, 0.1) is 0 Å². The van der Waals surface area contributed by atoms with E-state index in [9.17, 15) is 0 Å². The van der Waals surface area contributed by atoms with Crippen molar-refractivity contribution < 1.29 is 0 Å². The lowest BCUT2D eigenvalue weighted by molar-refractivity contribution is 0.0996. The van der Waals surface area contributed by atoms with Crippen LogP contribution in [0.4, 0.5) is 0 Å². The first kappa shape index (κ1) is 15.0. The number of likely N-dealkylation sites (N-methyl/N-ethyl adjacent to an activating group) is 1. The molecule has 1 aromatic rings. The van der Waals surface area contributed by atoms with Crippen LogP contribution in [0.5, 0.6) is 0 Å². The number of hydrogen-bond acceptors (Lipinski definition) is 3. The molecule has 116 valence electrons. The molecule has 1 atom stereocenters. The van der Waals surface area contributed by atoms with Gasteiger partial charge in [-0.25, -0.2) is 0 Å². The van der Waals surface area contributed by atoms with Crippen molar-refractivity contribution >= 4 is 0 Å². The van der Waals surface area contributed by atoms with Gasteiger partial charge in [-0.2, -0.15) is 0 Å². The topological polar surface area (TPSA) is 9.72 Å². The number of aryl methyl sites for hydroxylation is 1. The Kier molecular flexibility index (Phi) is 4.94. The molecule has 0 spiro atoms. The van der Waals surface area contributed by atoms with Crippen molar-refractivity contribution in [3.8, 4) is 0 Å². The second-order valence-electron chi connectivity index (χ2n) is 6.82. The molecule has 21 heavy (non-hydrogen) atoms. The molecule has 2 fully saturated rings. The van der Waals surface area contributed by atoms with E-state index in [1.807, 2.05) is 0 Å². The monoisotopic (exact) mass is 287 g/mol. The van der Waals surface area contributed by atoms with E-state index in [0.717, 1.165) is 6.04 Å². The van der Waals surface area contributed by atoms with Gasteiger partial charge in [-0.1, -0.05) is 29.8 Å². The molecule has 2 heterocycles. The van der Waals surface area contributed by atoms with Crippen LogP contribution in [-0.2, 0) is 6.42 Å². The van der Waals surface area contributed by atoms with Crippen LogP contribution in [0.25, 0.3) is 0 Å². The molecule has 0 bridgehead atoms. The second-order valence-corrected chi connectivity index (χ2v) is 6.82. The number of benzene rings is 1. The highest BCUT2D eigenvalue weighted by atomic mass is 15.3. The van der Waals surface area contributed by atoms with Crippen molar-refractivity contribution in [1.82, 2.24) is 14.7 Å². The summed E-state index contributed by atoms with van der Waals surface area (Å²) in [4.78, 5) is 7.81. The van der Waals surface area contributed by atoms with E-state index in [-0.39, 0.29) is 0 Å². The summed E-state index contributed by atoms with van der Waals surface area (Å²) in [7, 11) is 2.25. The average Bonchev–Trinajstić information content (AvgIpc) is 2.94. The van der Waals surface area contributed by atoms with E-state index in [4.69, 9.17) is 0 Å². The highest BCUT2D eigenvalue weighted by Gasteiger charge is 2.28. The Balaban J connectivity index is 1.40. The van der Waals surface area contributed by atoms with E-state index in [1.54, 1.807) is 0 Å². The Bertz CT molecular complexity index is 434. The minimum absolute atomic E-state index is 0.814. The van der Waals surface area contributed by atoms with Crippen LogP contribution in [-0.4, -0.2) is 73.6 Å². The Morgan fingerprint density at radius 1 is 1.00 bits per heavy atom. The molecule has 2 saturated heterocycles. The van der Waals surface area contributed by atoms with Crippen LogP contribution in [0.15, 0.2) is 24.3 Å². The molecule has 0 amide bonds. The molecule has 2 aliphatic rings. The minimum atomic E-state index is 0.814. The molecule has 0 radical (unpaired) electrons. The molecule has 0 aromatic heterocycles. The van der Waals surface area contributed by atoms with Gasteiger partial charge in [-0.3, -0.25) is 4.90 Å². The van der Waals surface area contributed by atoms with Crippen molar-refractivity contribution in [2.75, 3.05) is 52.9 Å². The van der Waals surface area contributed by atoms with Gasteiger partial charge in [0.2, 0.25) is 0 Å². The van der Waals surface area contributed by atoms with Gasteiger partial charge in [0, 0.05) is 45.3 Å². The third-order valence-corrected chi connectivity index (χ3v) is 5.13. The summed E-state index contributed by atoms with van der Waals surface area (Å²) in [5, 5.41) is 0. The smallest absolute Gasteiger partial charge is 0.0236 e. The van der Waals surface area contributed by atoms with Gasteiger partial charge < -0.3 is 9.80 Å². The fourth-order valence-corrected chi connectivity index (χ4v) is 3.60. The fourth-order valence-electron chi connectivity index (χ4n) is 3.60. The first-order chi connectivity index (χ1) is 10.2. The average molecular weight is 287 g/mol. The molecule has 3 rings (SSSR count). The first-order valence-corrected chi connectivity index (χ1v) is 8.41. The zero-order chi connectivity index (χ0) is 14.7. The summed E-state index contributed by atoms with van der Waals surface area (Å²) in [6.07, 6.45) is 2.55. The number of piperazine rings is 1. The Labute approximate surface area is 129 Å². The van der Waals surface area contributed by atoms with Crippen LogP contribution < -0.4 is 0 Å². The van der Waals surface area contributed by atoms with Crippen molar-refractivity contribution in [3.63, 3.8) is 0 Å². The van der Waals surface area contributed by atoms with Gasteiger partial charge >= 0.3 is 0 Å². The predicted molar refractivity (Wildman–Crippen MR) is 88.8 cm³/mol. The van der Waals surface area contributed by atoms with E-state index in [0.29, 0.717) is 0 Å². The molecule has 0 aliphatic carbocycles. The predicted octanol–water partition coefficient (Wildman–Crippen LogP) is 1.86. The van der Waals surface area contributed by atoms with Crippen LogP contribution in [0.3, 0.4) is 0 Å². The molecule has 0 N–H and O–H groups in total. The van der Waals surface area contributed by atoms with E-state index < -0.39 is 0 Å². The van der Waals surface area contributed by atoms with Gasteiger partial charge in [0.1, 0.15) is 0 Å². The molecule has 3 heteroatoms. The van der Waals surface area contributed by atoms with Crippen LogP contribution in [0, 0.1) is 6.92 Å². The number of nitrogens with zero attached hydrogens (tertiary/aromatic N) is 3. The maximum absolute atomic E-state index is 2.71. The largest absolute Gasteiger partial charge is 0.305 e. The van der Waals surface area contributed by atoms with Crippen molar-refractivity contribution in [3.05, 3.63) is 35.4 Å². The standard InChI is InChI=1S/C18H29N3/c1-16-3-5-17(6-4-16)7-10-20-11-13-21(14-12-20)18-8-9-19(2)15-18/h3-6,18H,7-15H2,1-2H3. The third kappa shape index (κ3) is 4.06. The van der Waals surface area contributed by atoms with E-state index in [1.165, 1.54) is 69.8 Å². The maximum atomic E-state index is 2.71. The number of hydrogen-bond donors (Lipinski definition) is 0. The quantitative estimate of drug-likeness (QED) is 0.837. The van der Waals surface area contributed by atoms with E-state index >= 15 is 0 Å². The van der Waals surface area contributed by atoms with Gasteiger partial charge in [0.15, 0.2) is 0 Å². The van der Waals surface area contributed by atoms with Crippen LogP contribution in [0.2, 0.25) is 0 Å². The number of rotatable bonds is 4. The van der Waals surface area contributed by atoms with Crippen molar-refractivity contribution in [1.29, 1.82) is 0 Å². The SMILES string of the molecule is Cc1ccc(CCN2CCN(C3CCN(C)C3)CC2)cc1. The Morgan fingerprint density at radius 3 is 2.33 bits per heavy atom. The second kappa shape index (κ2) is 6.91. The molecule has 1 unspecified atom stereocenters. The maximum Gasteiger partial charge on any atom is 0.0236 e. The molecule has 1 aromatic carbocycles. The summed E-state index contributed by atoms with van der Waals surface area (Å²) in [5.74, 6) is 0. The summed E-state index contributed by atoms with van der Waals surface area (Å²) in [5.41, 5.74) is 2.83. The van der Waals surface area contributed by atoms with Crippen LogP contribution in [0.1, 0.15) is 17.5 Å². The lowest BCUT2D eigenvalue weighted by atomic mass is 10.1. The van der Waals surface area contributed by atoms with E-state index in [2.05, 4.69) is 52.9 Å². The summed E-state index contributed by atoms with van der Waals surface area (Å²) in [6, 6.07) is 9.82. The molecule has 2 aliphatic heterocycles.